The molecule has 0 saturated carbocycles. The van der Waals surface area contributed by atoms with Crippen LogP contribution in [0, 0.1) is 5.41 Å². The molecule has 2 aromatic heterocycles. The molecule has 0 amide bonds. The first-order valence-electron chi connectivity index (χ1n) is 6.28. The van der Waals surface area contributed by atoms with E-state index in [4.69, 9.17) is 4.74 Å². The molecule has 19 heavy (non-hydrogen) atoms. The molecule has 0 aromatic carbocycles. The second-order valence-corrected chi connectivity index (χ2v) is 5.95. The SMILES string of the molecule is OCC1(CNCc2cn[nH]c2-c2cccs2)COC1. The zero-order valence-corrected chi connectivity index (χ0v) is 11.4. The molecule has 1 aliphatic heterocycles. The first kappa shape index (κ1) is 12.8. The lowest BCUT2D eigenvalue weighted by atomic mass is 9.87. The van der Waals surface area contributed by atoms with Crippen molar-refractivity contribution in [2.75, 3.05) is 26.4 Å². The minimum absolute atomic E-state index is 0.0904. The van der Waals surface area contributed by atoms with Gasteiger partial charge in [-0.3, -0.25) is 5.10 Å². The van der Waals surface area contributed by atoms with Gasteiger partial charge in [0.2, 0.25) is 0 Å². The summed E-state index contributed by atoms with van der Waals surface area (Å²) in [5.41, 5.74) is 2.13. The van der Waals surface area contributed by atoms with E-state index in [1.165, 1.54) is 4.88 Å². The second kappa shape index (κ2) is 5.42. The lowest BCUT2D eigenvalue weighted by Crippen LogP contribution is -2.52. The molecule has 0 bridgehead atoms. The largest absolute Gasteiger partial charge is 0.396 e. The van der Waals surface area contributed by atoms with Gasteiger partial charge in [0.1, 0.15) is 0 Å². The van der Waals surface area contributed by atoms with Crippen LogP contribution in [0.3, 0.4) is 0 Å². The summed E-state index contributed by atoms with van der Waals surface area (Å²) in [6.07, 6.45) is 1.85. The highest BCUT2D eigenvalue weighted by molar-refractivity contribution is 7.13. The van der Waals surface area contributed by atoms with Gasteiger partial charge in [0.05, 0.1) is 42.0 Å². The molecule has 102 valence electrons. The Balaban J connectivity index is 1.60. The number of H-pyrrole nitrogens is 1. The molecule has 3 heterocycles. The predicted octanol–water partition coefficient (Wildman–Crippen LogP) is 1.24. The topological polar surface area (TPSA) is 70.2 Å². The van der Waals surface area contributed by atoms with Crippen LogP contribution in [0.25, 0.3) is 10.6 Å². The molecule has 6 heteroatoms. The van der Waals surface area contributed by atoms with Crippen LogP contribution in [0.15, 0.2) is 23.7 Å². The summed E-state index contributed by atoms with van der Waals surface area (Å²) < 4.78 is 5.18. The van der Waals surface area contributed by atoms with Crippen molar-refractivity contribution in [2.24, 2.45) is 5.41 Å². The fourth-order valence-corrected chi connectivity index (χ4v) is 2.94. The van der Waals surface area contributed by atoms with E-state index in [9.17, 15) is 5.11 Å². The maximum atomic E-state index is 9.36. The summed E-state index contributed by atoms with van der Waals surface area (Å²) in [5, 5.41) is 22.0. The lowest BCUT2D eigenvalue weighted by molar-refractivity contribution is -0.134. The zero-order valence-electron chi connectivity index (χ0n) is 10.6. The monoisotopic (exact) mass is 279 g/mol. The molecule has 1 aliphatic rings. The number of aliphatic hydroxyl groups excluding tert-OH is 1. The third-order valence-electron chi connectivity index (χ3n) is 3.45. The molecule has 0 atom stereocenters. The number of ether oxygens (including phenoxy) is 1. The molecule has 0 spiro atoms. The highest BCUT2D eigenvalue weighted by atomic mass is 32.1. The van der Waals surface area contributed by atoms with Gasteiger partial charge in [-0.25, -0.2) is 0 Å². The molecule has 0 radical (unpaired) electrons. The van der Waals surface area contributed by atoms with Gasteiger partial charge in [0.25, 0.3) is 0 Å². The van der Waals surface area contributed by atoms with Crippen LogP contribution < -0.4 is 5.32 Å². The molecule has 2 aromatic rings. The fourth-order valence-electron chi connectivity index (χ4n) is 2.18. The number of nitrogens with zero attached hydrogens (tertiary/aromatic N) is 1. The van der Waals surface area contributed by atoms with Crippen molar-refractivity contribution < 1.29 is 9.84 Å². The van der Waals surface area contributed by atoms with Gasteiger partial charge in [0, 0.05) is 18.7 Å². The molecule has 1 saturated heterocycles. The summed E-state index contributed by atoms with van der Waals surface area (Å²) in [6.45, 7) is 2.95. The smallest absolute Gasteiger partial charge is 0.0794 e. The molecular weight excluding hydrogens is 262 g/mol. The Morgan fingerprint density at radius 2 is 2.42 bits per heavy atom. The Morgan fingerprint density at radius 3 is 3.05 bits per heavy atom. The van der Waals surface area contributed by atoms with Gasteiger partial charge >= 0.3 is 0 Å². The first-order chi connectivity index (χ1) is 9.33. The molecular formula is C13H17N3O2S. The Kier molecular flexibility index (Phi) is 3.65. The van der Waals surface area contributed by atoms with Crippen LogP contribution in [0.4, 0.5) is 0 Å². The van der Waals surface area contributed by atoms with E-state index in [1.807, 2.05) is 12.3 Å². The average Bonchev–Trinajstić information content (AvgIpc) is 3.02. The second-order valence-electron chi connectivity index (χ2n) is 5.00. The Labute approximate surface area is 115 Å². The van der Waals surface area contributed by atoms with Crippen LogP contribution in [0.1, 0.15) is 5.56 Å². The number of hydrogen-bond donors (Lipinski definition) is 3. The van der Waals surface area contributed by atoms with E-state index in [-0.39, 0.29) is 12.0 Å². The van der Waals surface area contributed by atoms with E-state index in [0.717, 1.165) is 24.3 Å². The van der Waals surface area contributed by atoms with Crippen LogP contribution in [-0.4, -0.2) is 41.7 Å². The normalized spacial score (nSPS) is 17.3. The molecule has 3 rings (SSSR count). The van der Waals surface area contributed by atoms with Crippen LogP contribution in [0.5, 0.6) is 0 Å². The predicted molar refractivity (Wildman–Crippen MR) is 73.9 cm³/mol. The van der Waals surface area contributed by atoms with Gasteiger partial charge in [-0.2, -0.15) is 5.10 Å². The van der Waals surface area contributed by atoms with Crippen LogP contribution >= 0.6 is 11.3 Å². The third-order valence-corrected chi connectivity index (χ3v) is 4.34. The van der Waals surface area contributed by atoms with Gasteiger partial charge in [-0.05, 0) is 11.4 Å². The average molecular weight is 279 g/mol. The highest BCUT2D eigenvalue weighted by Gasteiger charge is 2.37. The van der Waals surface area contributed by atoms with E-state index in [1.54, 1.807) is 11.3 Å². The molecule has 0 unspecified atom stereocenters. The van der Waals surface area contributed by atoms with Crippen molar-refractivity contribution >= 4 is 11.3 Å². The highest BCUT2D eigenvalue weighted by Crippen LogP contribution is 2.27. The maximum Gasteiger partial charge on any atom is 0.0794 e. The number of nitrogens with one attached hydrogen (secondary N) is 2. The van der Waals surface area contributed by atoms with Crippen molar-refractivity contribution in [1.29, 1.82) is 0 Å². The van der Waals surface area contributed by atoms with Crippen molar-refractivity contribution in [3.8, 4) is 10.6 Å². The molecule has 3 N–H and O–H groups in total. The number of rotatable bonds is 6. The zero-order chi connectivity index (χ0) is 13.1. The summed E-state index contributed by atoms with van der Waals surface area (Å²) in [7, 11) is 0. The van der Waals surface area contributed by atoms with Gasteiger partial charge in [0.15, 0.2) is 0 Å². The lowest BCUT2D eigenvalue weighted by Gasteiger charge is -2.40. The summed E-state index contributed by atoms with van der Waals surface area (Å²) >= 11 is 1.69. The van der Waals surface area contributed by atoms with Gasteiger partial charge in [-0.1, -0.05) is 6.07 Å². The standard InChI is InChI=1S/C13H17N3O2S/c17-7-13(8-18-9-13)6-14-4-10-5-15-16-12(10)11-2-1-3-19-11/h1-3,5,14,17H,4,6-9H2,(H,15,16). The Morgan fingerprint density at radius 1 is 1.53 bits per heavy atom. The Bertz CT molecular complexity index is 514. The van der Waals surface area contributed by atoms with Gasteiger partial charge in [-0.15, -0.1) is 11.3 Å². The van der Waals surface area contributed by atoms with E-state index < -0.39 is 0 Å². The number of aromatic nitrogens is 2. The van der Waals surface area contributed by atoms with Crippen molar-refractivity contribution in [3.05, 3.63) is 29.3 Å². The van der Waals surface area contributed by atoms with Crippen molar-refractivity contribution in [2.45, 2.75) is 6.54 Å². The molecule has 1 fully saturated rings. The van der Waals surface area contributed by atoms with E-state index >= 15 is 0 Å². The number of hydrogen-bond acceptors (Lipinski definition) is 5. The Hall–Kier alpha value is -1.21. The minimum atomic E-state index is -0.0904. The number of aliphatic hydroxyl groups is 1. The summed E-state index contributed by atoms with van der Waals surface area (Å²) in [4.78, 5) is 1.19. The number of aromatic amines is 1. The van der Waals surface area contributed by atoms with Crippen LogP contribution in [-0.2, 0) is 11.3 Å². The third kappa shape index (κ3) is 2.57. The number of thiophene rings is 1. The van der Waals surface area contributed by atoms with E-state index in [0.29, 0.717) is 13.2 Å². The summed E-state index contributed by atoms with van der Waals surface area (Å²) in [5.74, 6) is 0. The van der Waals surface area contributed by atoms with E-state index in [2.05, 4.69) is 27.0 Å². The fraction of sp³-hybridized carbons (Fsp3) is 0.462. The summed E-state index contributed by atoms with van der Waals surface area (Å²) in [6, 6.07) is 4.11. The molecule has 5 nitrogen and oxygen atoms in total. The van der Waals surface area contributed by atoms with Crippen molar-refractivity contribution in [3.63, 3.8) is 0 Å². The van der Waals surface area contributed by atoms with Gasteiger partial charge < -0.3 is 15.2 Å². The molecule has 0 aliphatic carbocycles. The maximum absolute atomic E-state index is 9.36. The minimum Gasteiger partial charge on any atom is -0.396 e. The van der Waals surface area contributed by atoms with Crippen LogP contribution in [0.2, 0.25) is 0 Å². The quantitative estimate of drug-likeness (QED) is 0.744. The first-order valence-corrected chi connectivity index (χ1v) is 7.16. The van der Waals surface area contributed by atoms with Crippen molar-refractivity contribution in [1.82, 2.24) is 15.5 Å².